The van der Waals surface area contributed by atoms with Gasteiger partial charge >= 0.3 is 10.1 Å². The highest BCUT2D eigenvalue weighted by Gasteiger charge is 2.18. The fraction of sp³-hybridized carbons (Fsp3) is 0.0556. The highest BCUT2D eigenvalue weighted by atomic mass is 32.2. The Kier molecular flexibility index (Phi) is 4.22. The minimum absolute atomic E-state index is 0.0181. The quantitative estimate of drug-likeness (QED) is 0.736. The SMILES string of the molecule is CC(=O)Nc1ccc(S(=O)(=O)Oc2cccc3ccccc23)cc1. The van der Waals surface area contributed by atoms with Crippen LogP contribution in [0, 0.1) is 0 Å². The number of carbonyl (C=O) groups is 1. The summed E-state index contributed by atoms with van der Waals surface area (Å²) >= 11 is 0. The molecule has 1 N–H and O–H groups in total. The lowest BCUT2D eigenvalue weighted by Gasteiger charge is -2.10. The molecule has 1 amide bonds. The third-order valence-corrected chi connectivity index (χ3v) is 4.66. The number of hydrogen-bond acceptors (Lipinski definition) is 4. The maximum atomic E-state index is 12.5. The lowest BCUT2D eigenvalue weighted by Crippen LogP contribution is -2.10. The summed E-state index contributed by atoms with van der Waals surface area (Å²) in [6.07, 6.45) is 0. The second-order valence-electron chi connectivity index (χ2n) is 5.22. The molecule has 3 aromatic rings. The fourth-order valence-corrected chi connectivity index (χ4v) is 3.29. The van der Waals surface area contributed by atoms with Gasteiger partial charge in [0, 0.05) is 18.0 Å². The van der Waals surface area contributed by atoms with Crippen LogP contribution < -0.4 is 9.50 Å². The molecule has 6 heteroatoms. The van der Waals surface area contributed by atoms with E-state index < -0.39 is 10.1 Å². The summed E-state index contributed by atoms with van der Waals surface area (Å²) in [6.45, 7) is 1.38. The second-order valence-corrected chi connectivity index (χ2v) is 6.77. The number of fused-ring (bicyclic) bond motifs is 1. The monoisotopic (exact) mass is 341 g/mol. The zero-order valence-electron chi connectivity index (χ0n) is 12.9. The summed E-state index contributed by atoms with van der Waals surface area (Å²) in [5.41, 5.74) is 0.520. The molecule has 0 atom stereocenters. The van der Waals surface area contributed by atoms with Crippen LogP contribution in [0.25, 0.3) is 10.8 Å². The molecule has 0 aliphatic rings. The van der Waals surface area contributed by atoms with E-state index in [1.54, 1.807) is 18.2 Å². The van der Waals surface area contributed by atoms with Crippen molar-refractivity contribution in [1.82, 2.24) is 0 Å². The molecule has 3 aromatic carbocycles. The Morgan fingerprint density at radius 2 is 1.58 bits per heavy atom. The van der Waals surface area contributed by atoms with Crippen LogP contribution in [-0.4, -0.2) is 14.3 Å². The van der Waals surface area contributed by atoms with Crippen LogP contribution in [-0.2, 0) is 14.9 Å². The van der Waals surface area contributed by atoms with E-state index in [4.69, 9.17) is 4.18 Å². The van der Waals surface area contributed by atoms with Gasteiger partial charge in [0.25, 0.3) is 0 Å². The molecule has 0 saturated carbocycles. The first-order chi connectivity index (χ1) is 11.5. The number of amides is 1. The van der Waals surface area contributed by atoms with E-state index in [0.717, 1.165) is 10.8 Å². The van der Waals surface area contributed by atoms with E-state index in [2.05, 4.69) is 5.32 Å². The Hall–Kier alpha value is -2.86. The standard InChI is InChI=1S/C18H15NO4S/c1-13(20)19-15-9-11-16(12-10-15)24(21,22)23-18-8-4-6-14-5-2-3-7-17(14)18/h2-12H,1H3,(H,19,20). The van der Waals surface area contributed by atoms with Crippen molar-refractivity contribution in [3.63, 3.8) is 0 Å². The number of nitrogens with one attached hydrogen (secondary N) is 1. The Balaban J connectivity index is 1.92. The van der Waals surface area contributed by atoms with Crippen LogP contribution in [0.2, 0.25) is 0 Å². The van der Waals surface area contributed by atoms with E-state index in [1.165, 1.54) is 31.2 Å². The molecule has 0 aliphatic heterocycles. The highest BCUT2D eigenvalue weighted by molar-refractivity contribution is 7.87. The minimum Gasteiger partial charge on any atom is -0.378 e. The molecule has 0 fully saturated rings. The lowest BCUT2D eigenvalue weighted by atomic mass is 10.1. The van der Waals surface area contributed by atoms with Gasteiger partial charge in [-0.1, -0.05) is 36.4 Å². The van der Waals surface area contributed by atoms with Gasteiger partial charge in [-0.3, -0.25) is 4.79 Å². The number of anilines is 1. The van der Waals surface area contributed by atoms with E-state index in [0.29, 0.717) is 5.69 Å². The summed E-state index contributed by atoms with van der Waals surface area (Å²) in [7, 11) is -3.96. The average molecular weight is 341 g/mol. The first kappa shape index (κ1) is 16.0. The molecule has 0 unspecified atom stereocenters. The van der Waals surface area contributed by atoms with Crippen molar-refractivity contribution in [1.29, 1.82) is 0 Å². The Labute approximate surface area is 140 Å². The molecular weight excluding hydrogens is 326 g/mol. The molecular formula is C18H15NO4S. The van der Waals surface area contributed by atoms with Gasteiger partial charge in [0.15, 0.2) is 5.75 Å². The highest BCUT2D eigenvalue weighted by Crippen LogP contribution is 2.28. The average Bonchev–Trinajstić information content (AvgIpc) is 2.55. The van der Waals surface area contributed by atoms with E-state index in [9.17, 15) is 13.2 Å². The van der Waals surface area contributed by atoms with Gasteiger partial charge in [0.05, 0.1) is 0 Å². The molecule has 0 aromatic heterocycles. The number of rotatable bonds is 4. The molecule has 24 heavy (non-hydrogen) atoms. The lowest BCUT2D eigenvalue weighted by molar-refractivity contribution is -0.114. The molecule has 0 heterocycles. The normalized spacial score (nSPS) is 11.2. The first-order valence-corrected chi connectivity index (χ1v) is 8.66. The number of carbonyl (C=O) groups excluding carboxylic acids is 1. The minimum atomic E-state index is -3.96. The van der Waals surface area contributed by atoms with E-state index in [-0.39, 0.29) is 16.6 Å². The molecule has 122 valence electrons. The van der Waals surface area contributed by atoms with Crippen molar-refractivity contribution >= 4 is 32.5 Å². The summed E-state index contributed by atoms with van der Waals surface area (Å²) in [4.78, 5) is 11.0. The van der Waals surface area contributed by atoms with Gasteiger partial charge < -0.3 is 9.50 Å². The van der Waals surface area contributed by atoms with Crippen LogP contribution >= 0.6 is 0 Å². The predicted molar refractivity (Wildman–Crippen MR) is 92.5 cm³/mol. The predicted octanol–water partition coefficient (Wildman–Crippen LogP) is 3.57. The zero-order valence-corrected chi connectivity index (χ0v) is 13.7. The van der Waals surface area contributed by atoms with Crippen LogP contribution in [0.1, 0.15) is 6.92 Å². The molecule has 3 rings (SSSR count). The van der Waals surface area contributed by atoms with Gasteiger partial charge in [0.1, 0.15) is 4.90 Å². The van der Waals surface area contributed by atoms with Crippen molar-refractivity contribution in [2.75, 3.05) is 5.32 Å². The maximum Gasteiger partial charge on any atom is 0.339 e. The van der Waals surface area contributed by atoms with Gasteiger partial charge in [-0.25, -0.2) is 0 Å². The number of benzene rings is 3. The van der Waals surface area contributed by atoms with E-state index in [1.807, 2.05) is 24.3 Å². The van der Waals surface area contributed by atoms with Gasteiger partial charge in [-0.2, -0.15) is 8.42 Å². The third-order valence-electron chi connectivity index (χ3n) is 3.41. The van der Waals surface area contributed by atoms with E-state index >= 15 is 0 Å². The van der Waals surface area contributed by atoms with Crippen LogP contribution in [0.15, 0.2) is 71.6 Å². The van der Waals surface area contributed by atoms with Crippen molar-refractivity contribution in [2.45, 2.75) is 11.8 Å². The molecule has 0 radical (unpaired) electrons. The smallest absolute Gasteiger partial charge is 0.339 e. The number of hydrogen-bond donors (Lipinski definition) is 1. The van der Waals surface area contributed by atoms with Crippen molar-refractivity contribution in [2.24, 2.45) is 0 Å². The van der Waals surface area contributed by atoms with Gasteiger partial charge in [0.2, 0.25) is 5.91 Å². The largest absolute Gasteiger partial charge is 0.378 e. The Morgan fingerprint density at radius 1 is 0.917 bits per heavy atom. The Bertz CT molecular complexity index is 990. The van der Waals surface area contributed by atoms with Crippen LogP contribution in [0.3, 0.4) is 0 Å². The topological polar surface area (TPSA) is 72.5 Å². The maximum absolute atomic E-state index is 12.5. The van der Waals surface area contributed by atoms with Crippen LogP contribution in [0.4, 0.5) is 5.69 Å². The van der Waals surface area contributed by atoms with Crippen molar-refractivity contribution < 1.29 is 17.4 Å². The van der Waals surface area contributed by atoms with Crippen molar-refractivity contribution in [3.8, 4) is 5.75 Å². The van der Waals surface area contributed by atoms with Crippen LogP contribution in [0.5, 0.6) is 5.75 Å². The molecule has 0 spiro atoms. The second kappa shape index (κ2) is 6.33. The first-order valence-electron chi connectivity index (χ1n) is 7.26. The summed E-state index contributed by atoms with van der Waals surface area (Å²) in [6, 6.07) is 18.5. The molecule has 0 aliphatic carbocycles. The molecule has 5 nitrogen and oxygen atoms in total. The van der Waals surface area contributed by atoms with Gasteiger partial charge in [-0.05, 0) is 35.7 Å². The van der Waals surface area contributed by atoms with Crippen molar-refractivity contribution in [3.05, 3.63) is 66.7 Å². The molecule has 0 bridgehead atoms. The Morgan fingerprint density at radius 3 is 2.29 bits per heavy atom. The summed E-state index contributed by atoms with van der Waals surface area (Å²) < 4.78 is 30.2. The molecule has 0 saturated heterocycles. The zero-order chi connectivity index (χ0) is 17.2. The summed E-state index contributed by atoms with van der Waals surface area (Å²) in [5, 5.41) is 4.20. The van der Waals surface area contributed by atoms with Gasteiger partial charge in [-0.15, -0.1) is 0 Å². The summed E-state index contributed by atoms with van der Waals surface area (Å²) in [5.74, 6) is 0.0525. The fourth-order valence-electron chi connectivity index (χ4n) is 2.34. The third kappa shape index (κ3) is 3.38.